The summed E-state index contributed by atoms with van der Waals surface area (Å²) >= 11 is 0. The van der Waals surface area contributed by atoms with Crippen LogP contribution in [0, 0.1) is 11.3 Å². The van der Waals surface area contributed by atoms with Crippen LogP contribution in [-0.2, 0) is 0 Å². The molecule has 0 radical (unpaired) electrons. The Kier molecular flexibility index (Phi) is 3.96. The van der Waals surface area contributed by atoms with Gasteiger partial charge in [-0.25, -0.2) is 0 Å². The molecule has 0 aromatic heterocycles. The summed E-state index contributed by atoms with van der Waals surface area (Å²) in [5.41, 5.74) is 8.03. The predicted octanol–water partition coefficient (Wildman–Crippen LogP) is 3.28. The maximum absolute atomic E-state index is 6.41. The van der Waals surface area contributed by atoms with Crippen LogP contribution in [0.5, 0.6) is 0 Å². The van der Waals surface area contributed by atoms with E-state index in [-0.39, 0.29) is 0 Å². The van der Waals surface area contributed by atoms with E-state index in [4.69, 9.17) is 5.73 Å². The highest BCUT2D eigenvalue weighted by Gasteiger charge is 2.39. The molecule has 2 heteroatoms. The molecule has 2 unspecified atom stereocenters. The van der Waals surface area contributed by atoms with Crippen molar-refractivity contribution in [3.63, 3.8) is 0 Å². The minimum absolute atomic E-state index is 0.306. The molecule has 18 heavy (non-hydrogen) atoms. The van der Waals surface area contributed by atoms with Crippen LogP contribution >= 0.6 is 0 Å². The lowest BCUT2D eigenvalue weighted by Crippen LogP contribution is -2.42. The first-order valence-electron chi connectivity index (χ1n) is 7.10. The van der Waals surface area contributed by atoms with Crippen LogP contribution in [0.15, 0.2) is 30.3 Å². The molecule has 1 aliphatic rings. The van der Waals surface area contributed by atoms with Gasteiger partial charge in [0.2, 0.25) is 0 Å². The number of anilines is 1. The fourth-order valence-corrected chi connectivity index (χ4v) is 3.09. The Bertz CT molecular complexity index is 372. The molecule has 0 saturated heterocycles. The SMILES string of the molecule is CCN(CC1CCC(C)(C)C1N)c1ccccc1. The zero-order chi connectivity index (χ0) is 13.2. The molecule has 1 saturated carbocycles. The van der Waals surface area contributed by atoms with E-state index in [9.17, 15) is 0 Å². The van der Waals surface area contributed by atoms with Crippen molar-refractivity contribution in [2.75, 3.05) is 18.0 Å². The Balaban J connectivity index is 2.04. The standard InChI is InChI=1S/C16H26N2/c1-4-18(14-8-6-5-7-9-14)12-13-10-11-16(2,3)15(13)17/h5-9,13,15H,4,10-12,17H2,1-3H3. The lowest BCUT2D eigenvalue weighted by molar-refractivity contribution is 0.301. The van der Waals surface area contributed by atoms with E-state index < -0.39 is 0 Å². The van der Waals surface area contributed by atoms with Crippen LogP contribution < -0.4 is 10.6 Å². The molecule has 2 N–H and O–H groups in total. The molecule has 0 spiro atoms. The Morgan fingerprint density at radius 3 is 2.44 bits per heavy atom. The van der Waals surface area contributed by atoms with Crippen LogP contribution in [0.25, 0.3) is 0 Å². The molecule has 1 aromatic carbocycles. The largest absolute Gasteiger partial charge is 0.371 e. The molecular weight excluding hydrogens is 220 g/mol. The van der Waals surface area contributed by atoms with Gasteiger partial charge in [-0.3, -0.25) is 0 Å². The average molecular weight is 246 g/mol. The minimum Gasteiger partial charge on any atom is -0.371 e. The summed E-state index contributed by atoms with van der Waals surface area (Å²) in [6.07, 6.45) is 2.52. The Morgan fingerprint density at radius 2 is 1.94 bits per heavy atom. The van der Waals surface area contributed by atoms with Crippen LogP contribution in [0.4, 0.5) is 5.69 Å². The lowest BCUT2D eigenvalue weighted by atomic mass is 9.85. The van der Waals surface area contributed by atoms with Gasteiger partial charge < -0.3 is 10.6 Å². The van der Waals surface area contributed by atoms with Gasteiger partial charge in [0.1, 0.15) is 0 Å². The third-order valence-electron chi connectivity index (χ3n) is 4.53. The van der Waals surface area contributed by atoms with Gasteiger partial charge in [-0.15, -0.1) is 0 Å². The topological polar surface area (TPSA) is 29.3 Å². The quantitative estimate of drug-likeness (QED) is 0.883. The molecule has 0 amide bonds. The van der Waals surface area contributed by atoms with Gasteiger partial charge in [-0.1, -0.05) is 32.0 Å². The predicted molar refractivity (Wildman–Crippen MR) is 78.8 cm³/mol. The lowest BCUT2D eigenvalue weighted by Gasteiger charge is -2.31. The molecule has 1 aromatic rings. The second-order valence-corrected chi connectivity index (χ2v) is 6.19. The van der Waals surface area contributed by atoms with Crippen molar-refractivity contribution in [1.82, 2.24) is 0 Å². The van der Waals surface area contributed by atoms with Crippen molar-refractivity contribution in [3.05, 3.63) is 30.3 Å². The summed E-state index contributed by atoms with van der Waals surface area (Å²) in [5, 5.41) is 0. The van der Waals surface area contributed by atoms with E-state index in [1.54, 1.807) is 0 Å². The molecule has 0 bridgehead atoms. The number of benzene rings is 1. The number of hydrogen-bond donors (Lipinski definition) is 1. The normalized spacial score (nSPS) is 26.2. The number of nitrogens with zero attached hydrogens (tertiary/aromatic N) is 1. The van der Waals surface area contributed by atoms with E-state index in [0.717, 1.165) is 13.1 Å². The van der Waals surface area contributed by atoms with Gasteiger partial charge in [0, 0.05) is 24.8 Å². The summed E-state index contributed by atoms with van der Waals surface area (Å²) in [6, 6.07) is 11.0. The first kappa shape index (κ1) is 13.4. The van der Waals surface area contributed by atoms with Crippen LogP contribution in [0.2, 0.25) is 0 Å². The molecule has 100 valence electrons. The van der Waals surface area contributed by atoms with E-state index >= 15 is 0 Å². The highest BCUT2D eigenvalue weighted by atomic mass is 15.1. The Labute approximate surface area is 111 Å². The number of rotatable bonds is 4. The molecule has 2 nitrogen and oxygen atoms in total. The molecule has 1 aliphatic carbocycles. The van der Waals surface area contributed by atoms with Crippen LogP contribution in [0.1, 0.15) is 33.6 Å². The molecule has 2 atom stereocenters. The summed E-state index contributed by atoms with van der Waals surface area (Å²) < 4.78 is 0. The number of nitrogens with two attached hydrogens (primary N) is 1. The monoisotopic (exact) mass is 246 g/mol. The Hall–Kier alpha value is -1.02. The third-order valence-corrected chi connectivity index (χ3v) is 4.53. The van der Waals surface area contributed by atoms with Crippen molar-refractivity contribution in [1.29, 1.82) is 0 Å². The van der Waals surface area contributed by atoms with Gasteiger partial charge >= 0.3 is 0 Å². The van der Waals surface area contributed by atoms with Crippen molar-refractivity contribution >= 4 is 5.69 Å². The first-order valence-corrected chi connectivity index (χ1v) is 7.10. The van der Waals surface area contributed by atoms with Gasteiger partial charge in [-0.05, 0) is 43.2 Å². The molecule has 2 rings (SSSR count). The fraction of sp³-hybridized carbons (Fsp3) is 0.625. The zero-order valence-corrected chi connectivity index (χ0v) is 11.9. The third kappa shape index (κ3) is 2.69. The van der Waals surface area contributed by atoms with Gasteiger partial charge in [0.15, 0.2) is 0 Å². The average Bonchev–Trinajstić information content (AvgIpc) is 2.63. The van der Waals surface area contributed by atoms with Gasteiger partial charge in [0.25, 0.3) is 0 Å². The van der Waals surface area contributed by atoms with Crippen molar-refractivity contribution < 1.29 is 0 Å². The first-order chi connectivity index (χ1) is 8.54. The number of hydrogen-bond acceptors (Lipinski definition) is 2. The highest BCUT2D eigenvalue weighted by molar-refractivity contribution is 5.45. The molecule has 0 heterocycles. The smallest absolute Gasteiger partial charge is 0.0366 e. The van der Waals surface area contributed by atoms with E-state index in [0.29, 0.717) is 17.4 Å². The van der Waals surface area contributed by atoms with Crippen molar-refractivity contribution in [2.24, 2.45) is 17.1 Å². The van der Waals surface area contributed by atoms with E-state index in [2.05, 4.69) is 56.0 Å². The zero-order valence-electron chi connectivity index (χ0n) is 11.9. The molecule has 0 aliphatic heterocycles. The van der Waals surface area contributed by atoms with E-state index in [1.165, 1.54) is 18.5 Å². The van der Waals surface area contributed by atoms with Crippen molar-refractivity contribution in [3.8, 4) is 0 Å². The maximum Gasteiger partial charge on any atom is 0.0366 e. The molecular formula is C16H26N2. The second-order valence-electron chi connectivity index (χ2n) is 6.19. The van der Waals surface area contributed by atoms with Gasteiger partial charge in [-0.2, -0.15) is 0 Å². The summed E-state index contributed by atoms with van der Waals surface area (Å²) in [4.78, 5) is 2.45. The maximum atomic E-state index is 6.41. The minimum atomic E-state index is 0.306. The highest BCUT2D eigenvalue weighted by Crippen LogP contribution is 2.40. The summed E-state index contributed by atoms with van der Waals surface area (Å²) in [6.45, 7) is 8.96. The summed E-state index contributed by atoms with van der Waals surface area (Å²) in [5.74, 6) is 0.625. The Morgan fingerprint density at radius 1 is 1.28 bits per heavy atom. The second kappa shape index (κ2) is 5.31. The van der Waals surface area contributed by atoms with Crippen LogP contribution in [0.3, 0.4) is 0 Å². The van der Waals surface area contributed by atoms with Crippen molar-refractivity contribution in [2.45, 2.75) is 39.7 Å². The summed E-state index contributed by atoms with van der Waals surface area (Å²) in [7, 11) is 0. The van der Waals surface area contributed by atoms with Gasteiger partial charge in [0.05, 0.1) is 0 Å². The fourth-order valence-electron chi connectivity index (χ4n) is 3.09. The number of para-hydroxylation sites is 1. The molecule has 1 fully saturated rings. The van der Waals surface area contributed by atoms with Crippen LogP contribution in [-0.4, -0.2) is 19.1 Å². The van der Waals surface area contributed by atoms with E-state index in [1.807, 2.05) is 0 Å².